The van der Waals surface area contributed by atoms with E-state index in [1.165, 1.54) is 0 Å². The van der Waals surface area contributed by atoms with E-state index in [4.69, 9.17) is 9.47 Å². The van der Waals surface area contributed by atoms with Crippen LogP contribution in [-0.2, 0) is 4.74 Å². The third kappa shape index (κ3) is 2.55. The number of hydrogen-bond acceptors (Lipinski definition) is 2. The number of rotatable bonds is 5. The molecule has 1 unspecified atom stereocenters. The number of nitrogens with one attached hydrogen (secondary N) is 1. The van der Waals surface area contributed by atoms with Gasteiger partial charge in [-0.2, -0.15) is 0 Å². The Kier molecular flexibility index (Phi) is 3.47. The Hall–Kier alpha value is -1.48. The average Bonchev–Trinajstić information content (AvgIpc) is 2.76. The first kappa shape index (κ1) is 11.0. The normalized spacial score (nSPS) is 12.9. The van der Waals surface area contributed by atoms with Crippen LogP contribution >= 0.6 is 0 Å². The molecule has 1 atom stereocenters. The molecule has 2 rings (SSSR count). The van der Waals surface area contributed by atoms with Crippen molar-refractivity contribution in [2.75, 3.05) is 13.7 Å². The zero-order valence-corrected chi connectivity index (χ0v) is 9.62. The second kappa shape index (κ2) is 5.03. The molecule has 1 N–H and O–H groups in total. The summed E-state index contributed by atoms with van der Waals surface area (Å²) in [6.07, 6.45) is 2.94. The predicted octanol–water partition coefficient (Wildman–Crippen LogP) is 2.77. The number of benzene rings is 1. The summed E-state index contributed by atoms with van der Waals surface area (Å²) in [6, 6.07) is 9.05. The highest BCUT2D eigenvalue weighted by Crippen LogP contribution is 2.19. The van der Waals surface area contributed by atoms with Gasteiger partial charge in [-0.3, -0.25) is 0 Å². The number of aromatic amines is 1. The summed E-state index contributed by atoms with van der Waals surface area (Å²) in [5, 5.41) is 1.08. The number of fused-ring (bicyclic) bond motifs is 1. The van der Waals surface area contributed by atoms with E-state index in [2.05, 4.69) is 11.1 Å². The Morgan fingerprint density at radius 1 is 1.44 bits per heavy atom. The van der Waals surface area contributed by atoms with Crippen LogP contribution in [0.1, 0.15) is 13.3 Å². The highest BCUT2D eigenvalue weighted by Gasteiger charge is 2.01. The van der Waals surface area contributed by atoms with Gasteiger partial charge in [0.05, 0.1) is 12.7 Å². The lowest BCUT2D eigenvalue weighted by atomic mass is 10.2. The Bertz CT molecular complexity index is 450. The molecular formula is C13H16NO2. The number of hydrogen-bond donors (Lipinski definition) is 1. The molecule has 0 aliphatic rings. The predicted molar refractivity (Wildman–Crippen MR) is 63.7 cm³/mol. The van der Waals surface area contributed by atoms with Crippen LogP contribution < -0.4 is 4.74 Å². The molecule has 1 radical (unpaired) electrons. The first-order chi connectivity index (χ1) is 7.79. The number of aromatic nitrogens is 1. The Morgan fingerprint density at radius 2 is 2.31 bits per heavy atom. The van der Waals surface area contributed by atoms with Crippen molar-refractivity contribution in [3.63, 3.8) is 0 Å². The monoisotopic (exact) mass is 218 g/mol. The molecule has 0 bridgehead atoms. The fourth-order valence-electron chi connectivity index (χ4n) is 1.51. The van der Waals surface area contributed by atoms with Gasteiger partial charge >= 0.3 is 0 Å². The summed E-state index contributed by atoms with van der Waals surface area (Å²) in [4.78, 5) is 3.11. The van der Waals surface area contributed by atoms with E-state index in [0.29, 0.717) is 6.61 Å². The first-order valence-electron chi connectivity index (χ1n) is 5.44. The molecule has 0 spiro atoms. The fourth-order valence-corrected chi connectivity index (χ4v) is 1.51. The second-order valence-corrected chi connectivity index (χ2v) is 3.82. The maximum Gasteiger partial charge on any atom is 0.121 e. The summed E-state index contributed by atoms with van der Waals surface area (Å²) in [6.45, 7) is 2.71. The van der Waals surface area contributed by atoms with Crippen molar-refractivity contribution in [2.45, 2.75) is 19.4 Å². The van der Waals surface area contributed by atoms with Gasteiger partial charge in [-0.05, 0) is 19.1 Å². The van der Waals surface area contributed by atoms with Gasteiger partial charge in [-0.25, -0.2) is 0 Å². The molecule has 3 nitrogen and oxygen atoms in total. The van der Waals surface area contributed by atoms with Crippen LogP contribution in [0.4, 0.5) is 0 Å². The van der Waals surface area contributed by atoms with E-state index in [0.717, 1.165) is 23.1 Å². The summed E-state index contributed by atoms with van der Waals surface area (Å²) >= 11 is 0. The van der Waals surface area contributed by atoms with E-state index in [1.54, 1.807) is 13.3 Å². The van der Waals surface area contributed by atoms with Crippen molar-refractivity contribution in [3.05, 3.63) is 30.5 Å². The summed E-state index contributed by atoms with van der Waals surface area (Å²) in [7, 11) is 1.71. The molecule has 0 aliphatic heterocycles. The molecule has 16 heavy (non-hydrogen) atoms. The molecular weight excluding hydrogens is 202 g/mol. The molecule has 1 aromatic heterocycles. The van der Waals surface area contributed by atoms with E-state index >= 15 is 0 Å². The van der Waals surface area contributed by atoms with Crippen LogP contribution in [-0.4, -0.2) is 24.8 Å². The van der Waals surface area contributed by atoms with E-state index < -0.39 is 0 Å². The lowest BCUT2D eigenvalue weighted by Gasteiger charge is -2.10. The molecule has 3 heteroatoms. The lowest BCUT2D eigenvalue weighted by Crippen LogP contribution is -2.10. The molecule has 2 aromatic rings. The zero-order chi connectivity index (χ0) is 11.4. The van der Waals surface area contributed by atoms with E-state index in [-0.39, 0.29) is 6.10 Å². The maximum absolute atomic E-state index is 5.64. The topological polar surface area (TPSA) is 34.2 Å². The van der Waals surface area contributed by atoms with Crippen LogP contribution in [0.3, 0.4) is 0 Å². The van der Waals surface area contributed by atoms with E-state index in [1.807, 2.05) is 25.1 Å². The Morgan fingerprint density at radius 3 is 3.12 bits per heavy atom. The molecule has 1 heterocycles. The van der Waals surface area contributed by atoms with Gasteiger partial charge in [0.1, 0.15) is 5.75 Å². The second-order valence-electron chi connectivity index (χ2n) is 3.82. The van der Waals surface area contributed by atoms with Gasteiger partial charge in [0.2, 0.25) is 0 Å². The van der Waals surface area contributed by atoms with Gasteiger partial charge in [0, 0.05) is 42.8 Å². The minimum absolute atomic E-state index is 0.238. The van der Waals surface area contributed by atoms with Crippen LogP contribution in [0, 0.1) is 6.07 Å². The Balaban J connectivity index is 1.93. The molecule has 0 saturated heterocycles. The third-order valence-corrected chi connectivity index (χ3v) is 2.64. The molecule has 0 fully saturated rings. The summed E-state index contributed by atoms with van der Waals surface area (Å²) in [5.74, 6) is 0.881. The van der Waals surface area contributed by atoms with Gasteiger partial charge < -0.3 is 14.5 Å². The molecule has 0 saturated carbocycles. The van der Waals surface area contributed by atoms with Crippen molar-refractivity contribution in [2.24, 2.45) is 0 Å². The molecule has 1 aromatic carbocycles. The van der Waals surface area contributed by atoms with Crippen molar-refractivity contribution < 1.29 is 9.47 Å². The van der Waals surface area contributed by atoms with Crippen molar-refractivity contribution >= 4 is 10.9 Å². The average molecular weight is 218 g/mol. The van der Waals surface area contributed by atoms with Gasteiger partial charge in [-0.15, -0.1) is 0 Å². The molecule has 85 valence electrons. The zero-order valence-electron chi connectivity index (χ0n) is 9.62. The van der Waals surface area contributed by atoms with Gasteiger partial charge in [0.15, 0.2) is 0 Å². The molecule has 0 aliphatic carbocycles. The third-order valence-electron chi connectivity index (χ3n) is 2.64. The maximum atomic E-state index is 5.64. The Labute approximate surface area is 95.4 Å². The van der Waals surface area contributed by atoms with Gasteiger partial charge in [0.25, 0.3) is 0 Å². The van der Waals surface area contributed by atoms with Crippen LogP contribution in [0.15, 0.2) is 24.4 Å². The van der Waals surface area contributed by atoms with Crippen molar-refractivity contribution in [1.29, 1.82) is 0 Å². The molecule has 0 amide bonds. The fraction of sp³-hybridized carbons (Fsp3) is 0.385. The van der Waals surface area contributed by atoms with Gasteiger partial charge in [-0.1, -0.05) is 0 Å². The number of H-pyrrole nitrogens is 1. The van der Waals surface area contributed by atoms with Crippen LogP contribution in [0.25, 0.3) is 10.9 Å². The van der Waals surface area contributed by atoms with Crippen LogP contribution in [0.2, 0.25) is 0 Å². The lowest BCUT2D eigenvalue weighted by molar-refractivity contribution is 0.0956. The highest BCUT2D eigenvalue weighted by molar-refractivity contribution is 5.79. The smallest absolute Gasteiger partial charge is 0.121 e. The highest BCUT2D eigenvalue weighted by atomic mass is 16.5. The van der Waals surface area contributed by atoms with E-state index in [9.17, 15) is 0 Å². The van der Waals surface area contributed by atoms with Crippen molar-refractivity contribution in [1.82, 2.24) is 4.98 Å². The van der Waals surface area contributed by atoms with Crippen LogP contribution in [0.5, 0.6) is 5.75 Å². The minimum Gasteiger partial charge on any atom is -0.493 e. The number of ether oxygens (including phenoxy) is 2. The quantitative estimate of drug-likeness (QED) is 0.837. The SMILES string of the molecule is COC(C)CCOc1ccc2[c]c[nH]c2c1. The first-order valence-corrected chi connectivity index (χ1v) is 5.44. The summed E-state index contributed by atoms with van der Waals surface area (Å²) < 4.78 is 10.8. The standard InChI is InChI=1S/C13H16NO2/c1-10(15-2)6-8-16-12-4-3-11-5-7-14-13(11)9-12/h3-4,7,9-10,14H,6,8H2,1-2H3. The number of methoxy groups -OCH3 is 1. The summed E-state index contributed by atoms with van der Waals surface area (Å²) in [5.41, 5.74) is 1.05. The largest absolute Gasteiger partial charge is 0.493 e. The minimum atomic E-state index is 0.238. The van der Waals surface area contributed by atoms with Crippen molar-refractivity contribution in [3.8, 4) is 5.75 Å².